The summed E-state index contributed by atoms with van der Waals surface area (Å²) in [5, 5.41) is 11.8. The van der Waals surface area contributed by atoms with Gasteiger partial charge in [-0.2, -0.15) is 0 Å². The Labute approximate surface area is 195 Å². The molecular formula is C19H32IN9O. The molecule has 1 aliphatic rings. The van der Waals surface area contributed by atoms with E-state index in [0.717, 1.165) is 75.9 Å². The molecule has 30 heavy (non-hydrogen) atoms. The molecule has 11 heteroatoms. The number of rotatable bonds is 8. The number of guanidine groups is 1. The Morgan fingerprint density at radius 3 is 2.53 bits per heavy atom. The van der Waals surface area contributed by atoms with E-state index in [1.54, 1.807) is 12.4 Å². The molecule has 1 N–H and O–H groups in total. The van der Waals surface area contributed by atoms with Crippen LogP contribution < -0.4 is 10.2 Å². The number of hydrogen-bond donors (Lipinski definition) is 1. The van der Waals surface area contributed by atoms with Gasteiger partial charge in [0.05, 0.1) is 0 Å². The van der Waals surface area contributed by atoms with Crippen LogP contribution in [0.25, 0.3) is 0 Å². The van der Waals surface area contributed by atoms with Crippen LogP contribution in [0.15, 0.2) is 23.5 Å². The lowest BCUT2D eigenvalue weighted by atomic mass is 10.3. The van der Waals surface area contributed by atoms with Crippen molar-refractivity contribution >= 4 is 35.9 Å². The van der Waals surface area contributed by atoms with Crippen molar-refractivity contribution in [2.75, 3.05) is 50.8 Å². The van der Waals surface area contributed by atoms with Crippen molar-refractivity contribution in [2.45, 2.75) is 26.8 Å². The highest BCUT2D eigenvalue weighted by atomic mass is 127. The molecule has 0 spiro atoms. The fourth-order valence-corrected chi connectivity index (χ4v) is 3.09. The number of piperazine rings is 1. The molecule has 0 aromatic carbocycles. The average Bonchev–Trinajstić information content (AvgIpc) is 3.08. The lowest BCUT2D eigenvalue weighted by Gasteiger charge is -2.36. The summed E-state index contributed by atoms with van der Waals surface area (Å²) < 4.78 is 7.41. The molecule has 10 nitrogen and oxygen atoms in total. The second-order valence-corrected chi connectivity index (χ2v) is 6.86. The zero-order valence-electron chi connectivity index (χ0n) is 18.0. The lowest BCUT2D eigenvalue weighted by Crippen LogP contribution is -2.53. The number of aryl methyl sites for hydroxylation is 1. The predicted octanol–water partition coefficient (Wildman–Crippen LogP) is 1.23. The molecule has 3 heterocycles. The van der Waals surface area contributed by atoms with Gasteiger partial charge < -0.3 is 24.4 Å². The maximum Gasteiger partial charge on any atom is 0.225 e. The summed E-state index contributed by atoms with van der Waals surface area (Å²) in [6.07, 6.45) is 4.50. The molecule has 1 fully saturated rings. The first-order valence-corrected chi connectivity index (χ1v) is 10.2. The Kier molecular flexibility index (Phi) is 10.2. The summed E-state index contributed by atoms with van der Waals surface area (Å²) in [6, 6.07) is 1.84. The molecule has 166 valence electrons. The minimum absolute atomic E-state index is 0. The highest BCUT2D eigenvalue weighted by molar-refractivity contribution is 14.0. The quantitative estimate of drug-likeness (QED) is 0.236. The smallest absolute Gasteiger partial charge is 0.225 e. The van der Waals surface area contributed by atoms with Crippen LogP contribution in [0, 0.1) is 6.92 Å². The molecule has 0 saturated carbocycles. The van der Waals surface area contributed by atoms with Gasteiger partial charge in [0.25, 0.3) is 0 Å². The van der Waals surface area contributed by atoms with Crippen LogP contribution >= 0.6 is 24.0 Å². The Hall–Kier alpha value is -2.02. The van der Waals surface area contributed by atoms with Crippen molar-refractivity contribution in [2.24, 2.45) is 12.0 Å². The van der Waals surface area contributed by atoms with Crippen molar-refractivity contribution in [3.05, 3.63) is 30.1 Å². The summed E-state index contributed by atoms with van der Waals surface area (Å²) in [5.74, 6) is 3.42. The fraction of sp³-hybridized carbons (Fsp3) is 0.632. The largest absolute Gasteiger partial charge is 0.382 e. The van der Waals surface area contributed by atoms with Crippen LogP contribution in [0.4, 0.5) is 5.95 Å². The van der Waals surface area contributed by atoms with Gasteiger partial charge in [-0.05, 0) is 26.3 Å². The molecule has 0 amide bonds. The van der Waals surface area contributed by atoms with Gasteiger partial charge in [0.2, 0.25) is 5.95 Å². The summed E-state index contributed by atoms with van der Waals surface area (Å²) in [7, 11) is 1.97. The third kappa shape index (κ3) is 6.76. The van der Waals surface area contributed by atoms with E-state index < -0.39 is 0 Å². The van der Waals surface area contributed by atoms with Crippen LogP contribution in [0.2, 0.25) is 0 Å². The second-order valence-electron chi connectivity index (χ2n) is 6.86. The molecule has 0 atom stereocenters. The third-order valence-electron chi connectivity index (χ3n) is 4.92. The highest BCUT2D eigenvalue weighted by Gasteiger charge is 2.21. The summed E-state index contributed by atoms with van der Waals surface area (Å²) in [6.45, 7) is 10.2. The predicted molar refractivity (Wildman–Crippen MR) is 127 cm³/mol. The first-order valence-electron chi connectivity index (χ1n) is 10.2. The SMILES string of the molecule is CCOCCCNC(=NCc1nnc(C)n1C)N1CCN(c2ncccn2)CC1.I. The first-order chi connectivity index (χ1) is 14.2. The number of nitrogens with zero attached hydrogens (tertiary/aromatic N) is 8. The van der Waals surface area contributed by atoms with E-state index in [4.69, 9.17) is 9.73 Å². The monoisotopic (exact) mass is 529 g/mol. The standard InChI is InChI=1S/C19H31N9O.HI/c1-4-29-14-6-9-22-19(23-15-17-25-24-16(2)26(17)3)28-12-10-27(11-13-28)18-20-7-5-8-21-18;/h5,7-8H,4,6,9-15H2,1-3H3,(H,22,23);1H. The van der Waals surface area contributed by atoms with Gasteiger partial charge >= 0.3 is 0 Å². The van der Waals surface area contributed by atoms with Crippen LogP contribution in [0.3, 0.4) is 0 Å². The summed E-state index contributed by atoms with van der Waals surface area (Å²) in [4.78, 5) is 18.0. The number of anilines is 1. The highest BCUT2D eigenvalue weighted by Crippen LogP contribution is 2.10. The number of hydrogen-bond acceptors (Lipinski definition) is 7. The third-order valence-corrected chi connectivity index (χ3v) is 4.92. The van der Waals surface area contributed by atoms with Crippen LogP contribution in [0.1, 0.15) is 25.0 Å². The van der Waals surface area contributed by atoms with Crippen molar-refractivity contribution in [3.8, 4) is 0 Å². The van der Waals surface area contributed by atoms with Crippen molar-refractivity contribution in [3.63, 3.8) is 0 Å². The number of nitrogens with one attached hydrogen (secondary N) is 1. The lowest BCUT2D eigenvalue weighted by molar-refractivity contribution is 0.145. The van der Waals surface area contributed by atoms with Gasteiger partial charge in [0.15, 0.2) is 11.8 Å². The summed E-state index contributed by atoms with van der Waals surface area (Å²) in [5.41, 5.74) is 0. The zero-order chi connectivity index (χ0) is 20.5. The minimum Gasteiger partial charge on any atom is -0.382 e. The first kappa shape index (κ1) is 24.3. The second kappa shape index (κ2) is 12.6. The summed E-state index contributed by atoms with van der Waals surface area (Å²) >= 11 is 0. The molecule has 1 aliphatic heterocycles. The van der Waals surface area contributed by atoms with Crippen LogP contribution in [0.5, 0.6) is 0 Å². The molecule has 0 unspecified atom stereocenters. The average molecular weight is 529 g/mol. The molecule has 2 aromatic rings. The Morgan fingerprint density at radius 2 is 1.90 bits per heavy atom. The van der Waals surface area contributed by atoms with E-state index >= 15 is 0 Å². The van der Waals surface area contributed by atoms with E-state index in [0.29, 0.717) is 6.54 Å². The Morgan fingerprint density at radius 1 is 1.17 bits per heavy atom. The van der Waals surface area contributed by atoms with Gasteiger partial charge in [-0.1, -0.05) is 0 Å². The molecule has 2 aromatic heterocycles. The van der Waals surface area contributed by atoms with Gasteiger partial charge in [-0.3, -0.25) is 0 Å². The van der Waals surface area contributed by atoms with E-state index in [1.165, 1.54) is 0 Å². The Bertz CT molecular complexity index is 776. The van der Waals surface area contributed by atoms with Gasteiger partial charge in [0.1, 0.15) is 12.4 Å². The van der Waals surface area contributed by atoms with Crippen molar-refractivity contribution < 1.29 is 4.74 Å². The maximum absolute atomic E-state index is 5.44. The zero-order valence-corrected chi connectivity index (χ0v) is 20.3. The van der Waals surface area contributed by atoms with Crippen LogP contribution in [-0.4, -0.2) is 81.5 Å². The number of aliphatic imine (C=N–C) groups is 1. The van der Waals surface area contributed by atoms with E-state index in [2.05, 4.69) is 35.3 Å². The minimum atomic E-state index is 0. The number of ether oxygens (including phenoxy) is 1. The van der Waals surface area contributed by atoms with Gasteiger partial charge in [-0.25, -0.2) is 15.0 Å². The van der Waals surface area contributed by atoms with E-state index in [1.807, 2.05) is 31.5 Å². The fourth-order valence-electron chi connectivity index (χ4n) is 3.09. The number of aromatic nitrogens is 5. The molecular weight excluding hydrogens is 497 g/mol. The van der Waals surface area contributed by atoms with Crippen molar-refractivity contribution in [1.29, 1.82) is 0 Å². The number of halogens is 1. The Balaban J connectivity index is 0.00000320. The molecule has 1 saturated heterocycles. The topological polar surface area (TPSA) is 96.6 Å². The van der Waals surface area contributed by atoms with Crippen LogP contribution in [-0.2, 0) is 18.3 Å². The van der Waals surface area contributed by atoms with E-state index in [-0.39, 0.29) is 24.0 Å². The van der Waals surface area contributed by atoms with Gasteiger partial charge in [-0.15, -0.1) is 34.2 Å². The molecule has 0 aliphatic carbocycles. The normalized spacial score (nSPS) is 14.6. The van der Waals surface area contributed by atoms with Gasteiger partial charge in [0, 0.05) is 65.4 Å². The molecule has 0 radical (unpaired) electrons. The maximum atomic E-state index is 5.44. The molecule has 3 rings (SSSR count). The van der Waals surface area contributed by atoms with E-state index in [9.17, 15) is 0 Å². The van der Waals surface area contributed by atoms with Crippen molar-refractivity contribution in [1.82, 2.24) is 34.9 Å². The molecule has 0 bridgehead atoms.